The van der Waals surface area contributed by atoms with Crippen molar-refractivity contribution in [3.8, 4) is 0 Å². The number of nitrogens with zero attached hydrogens (tertiary/aromatic N) is 1. The van der Waals surface area contributed by atoms with Crippen LogP contribution in [0.2, 0.25) is 0 Å². The maximum Gasteiger partial charge on any atom is 0.170 e. The average molecular weight is 223 g/mol. The minimum Gasteiger partial charge on any atom is -0.366 e. The van der Waals surface area contributed by atoms with E-state index in [1.54, 1.807) is 7.05 Å². The molecule has 5 heteroatoms. The fraction of sp³-hybridized carbons (Fsp3) is 0.111. The van der Waals surface area contributed by atoms with E-state index in [2.05, 4.69) is 33.0 Å². The highest BCUT2D eigenvalue weighted by molar-refractivity contribution is 7.80. The van der Waals surface area contributed by atoms with E-state index in [4.69, 9.17) is 12.2 Å². The number of nitrogens with one attached hydrogen (secondary N) is 2. The predicted octanol–water partition coefficient (Wildman–Crippen LogP) is 2.34. The Balaban J connectivity index is 2.73. The Morgan fingerprint density at radius 3 is 2.50 bits per heavy atom. The minimum absolute atomic E-state index is 0.580. The second-order valence-electron chi connectivity index (χ2n) is 2.45. The molecule has 0 spiro atoms. The number of thiocarbonyl (C=S) groups is 2. The maximum absolute atomic E-state index is 4.95. The van der Waals surface area contributed by atoms with Gasteiger partial charge in [-0.2, -0.15) is 4.99 Å². The lowest BCUT2D eigenvalue weighted by atomic mass is 10.3. The average Bonchev–Trinajstić information content (AvgIpc) is 2.21. The predicted molar refractivity (Wildman–Crippen MR) is 66.4 cm³/mol. The van der Waals surface area contributed by atoms with Crippen LogP contribution in [0.5, 0.6) is 0 Å². The SMILES string of the molecule is CNC(=S)Nc1ccc(N=C=S)cc1. The van der Waals surface area contributed by atoms with Crippen LogP contribution in [0.15, 0.2) is 29.3 Å². The first-order chi connectivity index (χ1) is 6.76. The number of aliphatic imine (C=N–C) groups is 1. The molecule has 0 unspecified atom stereocenters. The third-order valence-corrected chi connectivity index (χ3v) is 1.92. The second-order valence-corrected chi connectivity index (χ2v) is 3.04. The van der Waals surface area contributed by atoms with Crippen LogP contribution >= 0.6 is 24.4 Å². The number of benzene rings is 1. The highest BCUT2D eigenvalue weighted by Gasteiger charge is 1.94. The van der Waals surface area contributed by atoms with Gasteiger partial charge < -0.3 is 10.6 Å². The van der Waals surface area contributed by atoms with E-state index in [-0.39, 0.29) is 0 Å². The molecule has 0 aliphatic rings. The van der Waals surface area contributed by atoms with E-state index in [1.807, 2.05) is 24.3 Å². The van der Waals surface area contributed by atoms with Crippen LogP contribution in [0, 0.1) is 0 Å². The monoisotopic (exact) mass is 223 g/mol. The lowest BCUT2D eigenvalue weighted by Gasteiger charge is -2.06. The van der Waals surface area contributed by atoms with Gasteiger partial charge in [0.15, 0.2) is 5.11 Å². The fourth-order valence-corrected chi connectivity index (χ4v) is 1.09. The molecule has 0 atom stereocenters. The van der Waals surface area contributed by atoms with E-state index >= 15 is 0 Å². The third kappa shape index (κ3) is 3.22. The summed E-state index contributed by atoms with van der Waals surface area (Å²) >= 11 is 9.44. The molecule has 1 rings (SSSR count). The van der Waals surface area contributed by atoms with Crippen LogP contribution in [-0.4, -0.2) is 17.3 Å². The maximum atomic E-state index is 4.95. The fourth-order valence-electron chi connectivity index (χ4n) is 0.866. The number of rotatable bonds is 2. The molecular formula is C9H9N3S2. The second kappa shape index (κ2) is 5.44. The first kappa shape index (κ1) is 10.8. The summed E-state index contributed by atoms with van der Waals surface area (Å²) in [5, 5.41) is 8.70. The molecule has 72 valence electrons. The van der Waals surface area contributed by atoms with Gasteiger partial charge in [-0.1, -0.05) is 0 Å². The number of isothiocyanates is 1. The van der Waals surface area contributed by atoms with Crippen LogP contribution in [0.25, 0.3) is 0 Å². The number of anilines is 1. The molecule has 2 N–H and O–H groups in total. The van der Waals surface area contributed by atoms with Crippen LogP contribution < -0.4 is 10.6 Å². The van der Waals surface area contributed by atoms with Crippen molar-refractivity contribution in [3.63, 3.8) is 0 Å². The number of hydrogen-bond acceptors (Lipinski definition) is 3. The Morgan fingerprint density at radius 1 is 1.36 bits per heavy atom. The molecule has 0 aliphatic carbocycles. The van der Waals surface area contributed by atoms with Crippen LogP contribution in [-0.2, 0) is 0 Å². The van der Waals surface area contributed by atoms with Crippen molar-refractivity contribution in [2.24, 2.45) is 4.99 Å². The van der Waals surface area contributed by atoms with Gasteiger partial charge >= 0.3 is 0 Å². The summed E-state index contributed by atoms with van der Waals surface area (Å²) in [6, 6.07) is 7.41. The van der Waals surface area contributed by atoms with Crippen LogP contribution in [0.1, 0.15) is 0 Å². The molecular weight excluding hydrogens is 214 g/mol. The van der Waals surface area contributed by atoms with Crippen LogP contribution in [0.4, 0.5) is 11.4 Å². The van der Waals surface area contributed by atoms with Crippen molar-refractivity contribution in [2.75, 3.05) is 12.4 Å². The van der Waals surface area contributed by atoms with Gasteiger partial charge in [0, 0.05) is 12.7 Å². The zero-order valence-electron chi connectivity index (χ0n) is 7.57. The van der Waals surface area contributed by atoms with E-state index in [9.17, 15) is 0 Å². The molecule has 1 aromatic rings. The summed E-state index contributed by atoms with van der Waals surface area (Å²) in [6.07, 6.45) is 0. The molecule has 1 aromatic carbocycles. The van der Waals surface area contributed by atoms with Gasteiger partial charge in [0.25, 0.3) is 0 Å². The minimum atomic E-state index is 0.580. The summed E-state index contributed by atoms with van der Waals surface area (Å²) in [4.78, 5) is 3.84. The molecule has 0 heterocycles. The summed E-state index contributed by atoms with van der Waals surface area (Å²) in [7, 11) is 1.76. The van der Waals surface area contributed by atoms with Gasteiger partial charge in [0.05, 0.1) is 10.8 Å². The Kier molecular flexibility index (Phi) is 4.19. The molecule has 14 heavy (non-hydrogen) atoms. The molecule has 0 aliphatic heterocycles. The van der Waals surface area contributed by atoms with E-state index < -0.39 is 0 Å². The largest absolute Gasteiger partial charge is 0.366 e. The molecule has 3 nitrogen and oxygen atoms in total. The van der Waals surface area contributed by atoms with E-state index in [0.29, 0.717) is 5.11 Å². The normalized spacial score (nSPS) is 8.64. The topological polar surface area (TPSA) is 36.4 Å². The molecule has 0 amide bonds. The first-order valence-corrected chi connectivity index (χ1v) is 4.74. The lowest BCUT2D eigenvalue weighted by molar-refractivity contribution is 1.20. The smallest absolute Gasteiger partial charge is 0.170 e. The van der Waals surface area contributed by atoms with Gasteiger partial charge in [0.1, 0.15) is 0 Å². The Bertz CT molecular complexity index is 366. The zero-order valence-corrected chi connectivity index (χ0v) is 9.21. The molecule has 0 aromatic heterocycles. The van der Waals surface area contributed by atoms with Crippen molar-refractivity contribution < 1.29 is 0 Å². The quantitative estimate of drug-likeness (QED) is 0.596. The van der Waals surface area contributed by atoms with Crippen molar-refractivity contribution >= 4 is 46.1 Å². The molecule has 0 radical (unpaired) electrons. The van der Waals surface area contributed by atoms with Gasteiger partial charge in [0.2, 0.25) is 0 Å². The van der Waals surface area contributed by atoms with E-state index in [1.165, 1.54) is 0 Å². The Labute approximate surface area is 93.2 Å². The summed E-state index contributed by atoms with van der Waals surface area (Å²) < 4.78 is 0. The van der Waals surface area contributed by atoms with Crippen molar-refractivity contribution in [1.82, 2.24) is 5.32 Å². The van der Waals surface area contributed by atoms with Crippen LogP contribution in [0.3, 0.4) is 0 Å². The van der Waals surface area contributed by atoms with Gasteiger partial charge in [-0.25, -0.2) is 0 Å². The standard InChI is InChI=1S/C9H9N3S2/c1-10-9(14)12-8-4-2-7(3-5-8)11-6-13/h2-5H,1H3,(H2,10,12,14). The lowest BCUT2D eigenvalue weighted by Crippen LogP contribution is -2.23. The molecule has 0 saturated carbocycles. The van der Waals surface area contributed by atoms with E-state index in [0.717, 1.165) is 11.4 Å². The molecule has 0 fully saturated rings. The zero-order chi connectivity index (χ0) is 10.4. The highest BCUT2D eigenvalue weighted by Crippen LogP contribution is 2.15. The molecule has 0 saturated heterocycles. The molecule has 0 bridgehead atoms. The van der Waals surface area contributed by atoms with Gasteiger partial charge in [-0.3, -0.25) is 0 Å². The van der Waals surface area contributed by atoms with Gasteiger partial charge in [-0.05, 0) is 48.7 Å². The summed E-state index contributed by atoms with van der Waals surface area (Å²) in [5.41, 5.74) is 1.69. The first-order valence-electron chi connectivity index (χ1n) is 3.93. The Morgan fingerprint density at radius 2 is 2.00 bits per heavy atom. The number of hydrogen-bond donors (Lipinski definition) is 2. The summed E-state index contributed by atoms with van der Waals surface area (Å²) in [6.45, 7) is 0. The third-order valence-electron chi connectivity index (χ3n) is 1.53. The Hall–Kier alpha value is -1.29. The summed E-state index contributed by atoms with van der Waals surface area (Å²) in [5.74, 6) is 0. The van der Waals surface area contributed by atoms with Crippen molar-refractivity contribution in [2.45, 2.75) is 0 Å². The van der Waals surface area contributed by atoms with Gasteiger partial charge in [-0.15, -0.1) is 0 Å². The van der Waals surface area contributed by atoms with Crippen molar-refractivity contribution in [3.05, 3.63) is 24.3 Å². The van der Waals surface area contributed by atoms with Crippen molar-refractivity contribution in [1.29, 1.82) is 0 Å². The highest BCUT2D eigenvalue weighted by atomic mass is 32.1.